The van der Waals surface area contributed by atoms with Crippen LogP contribution in [0.3, 0.4) is 0 Å². The number of amides is 1. The Morgan fingerprint density at radius 2 is 2.12 bits per heavy atom. The van der Waals surface area contributed by atoms with Gasteiger partial charge in [-0.25, -0.2) is 18.4 Å². The third kappa shape index (κ3) is 4.24. The van der Waals surface area contributed by atoms with Crippen LogP contribution in [0, 0.1) is 0 Å². The molecule has 16 heavy (non-hydrogen) atoms. The van der Waals surface area contributed by atoms with E-state index in [1.807, 2.05) is 0 Å². The van der Waals surface area contributed by atoms with Gasteiger partial charge in [-0.1, -0.05) is 0 Å². The van der Waals surface area contributed by atoms with Crippen LogP contribution in [0.4, 0.5) is 0 Å². The summed E-state index contributed by atoms with van der Waals surface area (Å²) in [5.74, 6) is -0.886. The average Bonchev–Trinajstić information content (AvgIpc) is 2.16. The minimum atomic E-state index is -3.60. The molecule has 0 saturated heterocycles. The normalized spacial score (nSPS) is 11.1. The van der Waals surface area contributed by atoms with E-state index in [0.717, 1.165) is 12.3 Å². The van der Waals surface area contributed by atoms with Gasteiger partial charge < -0.3 is 9.73 Å². The van der Waals surface area contributed by atoms with Crippen LogP contribution in [0.15, 0.2) is 27.6 Å². The number of nitrogens with one attached hydrogen (secondary N) is 1. The van der Waals surface area contributed by atoms with Crippen molar-refractivity contribution in [3.63, 3.8) is 0 Å². The van der Waals surface area contributed by atoms with Crippen molar-refractivity contribution in [2.45, 2.75) is 0 Å². The predicted molar refractivity (Wildman–Crippen MR) is 55.3 cm³/mol. The maximum atomic E-state index is 11.3. The zero-order valence-electron chi connectivity index (χ0n) is 8.17. The standard InChI is InChI=1S/C8H10N2O5S/c9-16(13,14)4-3-10-8(12)6-1-2-7(11)15-5-6/h1-2,5H,3-4H2,(H,10,12)(H2,9,13,14). The molecule has 1 rings (SSSR count). The van der Waals surface area contributed by atoms with Crippen LogP contribution in [0.2, 0.25) is 0 Å². The van der Waals surface area contributed by atoms with Crippen LogP contribution < -0.4 is 16.1 Å². The summed E-state index contributed by atoms with van der Waals surface area (Å²) < 4.78 is 25.6. The van der Waals surface area contributed by atoms with Crippen molar-refractivity contribution >= 4 is 15.9 Å². The maximum absolute atomic E-state index is 11.3. The molecule has 0 unspecified atom stereocenters. The van der Waals surface area contributed by atoms with Crippen LogP contribution in [0.1, 0.15) is 10.4 Å². The van der Waals surface area contributed by atoms with Crippen molar-refractivity contribution in [3.8, 4) is 0 Å². The van der Waals surface area contributed by atoms with Gasteiger partial charge in [0.25, 0.3) is 5.91 Å². The first kappa shape index (κ1) is 12.4. The molecule has 0 saturated carbocycles. The number of hydrogen-bond acceptors (Lipinski definition) is 5. The molecule has 0 aliphatic rings. The molecule has 88 valence electrons. The highest BCUT2D eigenvalue weighted by atomic mass is 32.2. The number of carbonyl (C=O) groups excluding carboxylic acids is 1. The Balaban J connectivity index is 2.54. The first-order chi connectivity index (χ1) is 7.38. The quantitative estimate of drug-likeness (QED) is 0.681. The van der Waals surface area contributed by atoms with Crippen molar-refractivity contribution < 1.29 is 17.6 Å². The van der Waals surface area contributed by atoms with Crippen molar-refractivity contribution in [1.82, 2.24) is 5.32 Å². The molecule has 0 atom stereocenters. The smallest absolute Gasteiger partial charge is 0.335 e. The average molecular weight is 246 g/mol. The highest BCUT2D eigenvalue weighted by Crippen LogP contribution is 1.94. The molecule has 3 N–H and O–H groups in total. The number of sulfonamides is 1. The van der Waals surface area contributed by atoms with Gasteiger partial charge in [-0.2, -0.15) is 0 Å². The SMILES string of the molecule is NS(=O)(=O)CCNC(=O)c1ccc(=O)oc1. The molecule has 0 aromatic carbocycles. The molecule has 8 heteroatoms. The summed E-state index contributed by atoms with van der Waals surface area (Å²) in [6.45, 7) is -0.100. The monoisotopic (exact) mass is 246 g/mol. The molecule has 1 aromatic heterocycles. The van der Waals surface area contributed by atoms with E-state index in [-0.39, 0.29) is 17.9 Å². The van der Waals surface area contributed by atoms with E-state index < -0.39 is 21.6 Å². The second-order valence-electron chi connectivity index (χ2n) is 2.97. The van der Waals surface area contributed by atoms with E-state index >= 15 is 0 Å². The molecule has 7 nitrogen and oxygen atoms in total. The van der Waals surface area contributed by atoms with Gasteiger partial charge in [0, 0.05) is 12.6 Å². The molecule has 1 heterocycles. The maximum Gasteiger partial charge on any atom is 0.335 e. The van der Waals surface area contributed by atoms with Gasteiger partial charge in [0.2, 0.25) is 10.0 Å². The van der Waals surface area contributed by atoms with Gasteiger partial charge in [-0.15, -0.1) is 0 Å². The third-order valence-corrected chi connectivity index (χ3v) is 2.41. The van der Waals surface area contributed by atoms with Crippen LogP contribution in [-0.2, 0) is 10.0 Å². The summed E-state index contributed by atoms with van der Waals surface area (Å²) in [4.78, 5) is 21.9. The summed E-state index contributed by atoms with van der Waals surface area (Å²) in [5, 5.41) is 7.06. The van der Waals surface area contributed by atoms with Gasteiger partial charge >= 0.3 is 5.63 Å². The molecular formula is C8H10N2O5S. The van der Waals surface area contributed by atoms with Gasteiger partial charge in [0.05, 0.1) is 11.3 Å². The molecule has 1 aromatic rings. The highest BCUT2D eigenvalue weighted by molar-refractivity contribution is 7.89. The van der Waals surface area contributed by atoms with Crippen molar-refractivity contribution in [2.75, 3.05) is 12.3 Å². The topological polar surface area (TPSA) is 119 Å². The summed E-state index contributed by atoms with van der Waals surface area (Å²) in [6, 6.07) is 2.37. The molecule has 0 spiro atoms. The van der Waals surface area contributed by atoms with Crippen molar-refractivity contribution in [3.05, 3.63) is 34.4 Å². The number of primary sulfonamides is 1. The molecule has 0 aliphatic heterocycles. The summed E-state index contributed by atoms with van der Waals surface area (Å²) in [5.41, 5.74) is -0.435. The summed E-state index contributed by atoms with van der Waals surface area (Å²) in [6.07, 6.45) is 0.995. The Morgan fingerprint density at radius 3 is 2.62 bits per heavy atom. The van der Waals surface area contributed by atoms with Gasteiger partial charge in [0.1, 0.15) is 6.26 Å². The summed E-state index contributed by atoms with van der Waals surface area (Å²) in [7, 11) is -3.60. The summed E-state index contributed by atoms with van der Waals surface area (Å²) >= 11 is 0. The second-order valence-corrected chi connectivity index (χ2v) is 4.70. The fourth-order valence-electron chi connectivity index (χ4n) is 0.896. The van der Waals surface area contributed by atoms with Crippen molar-refractivity contribution in [2.24, 2.45) is 5.14 Å². The van der Waals surface area contributed by atoms with Crippen molar-refractivity contribution in [1.29, 1.82) is 0 Å². The zero-order valence-corrected chi connectivity index (χ0v) is 8.99. The predicted octanol–water partition coefficient (Wildman–Crippen LogP) is -1.34. The van der Waals surface area contributed by atoms with Crippen LogP contribution in [-0.4, -0.2) is 26.6 Å². The van der Waals surface area contributed by atoms with E-state index in [0.29, 0.717) is 0 Å². The Bertz CT molecular complexity index is 513. The highest BCUT2D eigenvalue weighted by Gasteiger charge is 2.07. The van der Waals surface area contributed by atoms with E-state index in [4.69, 9.17) is 5.14 Å². The van der Waals surface area contributed by atoms with Gasteiger partial charge in [-0.05, 0) is 6.07 Å². The fourth-order valence-corrected chi connectivity index (χ4v) is 1.28. The van der Waals surface area contributed by atoms with Gasteiger partial charge in [-0.3, -0.25) is 4.79 Å². The Labute approximate surface area is 91.3 Å². The second kappa shape index (κ2) is 4.90. The molecule has 0 aliphatic carbocycles. The molecular weight excluding hydrogens is 236 g/mol. The fraction of sp³-hybridized carbons (Fsp3) is 0.250. The number of nitrogens with two attached hydrogens (primary N) is 1. The van der Waals surface area contributed by atoms with E-state index in [2.05, 4.69) is 9.73 Å². The lowest BCUT2D eigenvalue weighted by atomic mass is 10.3. The number of rotatable bonds is 4. The Morgan fingerprint density at radius 1 is 1.44 bits per heavy atom. The Hall–Kier alpha value is -1.67. The van der Waals surface area contributed by atoms with Crippen LogP contribution in [0.5, 0.6) is 0 Å². The van der Waals surface area contributed by atoms with Gasteiger partial charge in [0.15, 0.2) is 0 Å². The zero-order chi connectivity index (χ0) is 12.2. The lowest BCUT2D eigenvalue weighted by Crippen LogP contribution is -2.31. The largest absolute Gasteiger partial charge is 0.430 e. The molecule has 0 radical (unpaired) electrons. The lowest BCUT2D eigenvalue weighted by molar-refractivity contribution is 0.0953. The van der Waals surface area contributed by atoms with Crippen LogP contribution in [0.25, 0.3) is 0 Å². The molecule has 0 bridgehead atoms. The molecule has 0 fully saturated rings. The van der Waals surface area contributed by atoms with E-state index in [1.54, 1.807) is 0 Å². The first-order valence-corrected chi connectivity index (χ1v) is 5.97. The number of carbonyl (C=O) groups is 1. The number of hydrogen-bond donors (Lipinski definition) is 2. The minimum Gasteiger partial charge on any atom is -0.430 e. The van der Waals surface area contributed by atoms with E-state index in [1.165, 1.54) is 6.07 Å². The lowest BCUT2D eigenvalue weighted by Gasteiger charge is -2.02. The minimum absolute atomic E-state index is 0.100. The third-order valence-electron chi connectivity index (χ3n) is 1.64. The Kier molecular flexibility index (Phi) is 3.80. The first-order valence-electron chi connectivity index (χ1n) is 4.26. The van der Waals surface area contributed by atoms with Crippen LogP contribution >= 0.6 is 0 Å². The van der Waals surface area contributed by atoms with E-state index in [9.17, 15) is 18.0 Å². The molecule has 1 amide bonds.